The number of rotatable bonds is 2. The number of benzene rings is 2. The lowest BCUT2D eigenvalue weighted by molar-refractivity contribution is 0.474. The van der Waals surface area contributed by atoms with Crippen LogP contribution in [-0.2, 0) is 0 Å². The molecule has 0 atom stereocenters. The lowest BCUT2D eigenvalue weighted by Crippen LogP contribution is -1.76. The second-order valence-electron chi connectivity index (χ2n) is 3.00. The molecule has 0 aliphatic rings. The van der Waals surface area contributed by atoms with Crippen molar-refractivity contribution >= 4 is 23.4 Å². The van der Waals surface area contributed by atoms with Gasteiger partial charge in [-0.3, -0.25) is 0 Å². The smallest absolute Gasteiger partial charge is 0.135 e. The summed E-state index contributed by atoms with van der Waals surface area (Å²) in [6.07, 6.45) is 0. The van der Waals surface area contributed by atoms with E-state index in [4.69, 9.17) is 11.6 Å². The van der Waals surface area contributed by atoms with Crippen molar-refractivity contribution in [1.29, 1.82) is 0 Å². The van der Waals surface area contributed by atoms with Gasteiger partial charge in [0.2, 0.25) is 0 Å². The van der Waals surface area contributed by atoms with Gasteiger partial charge in [-0.05, 0) is 24.3 Å². The van der Waals surface area contributed by atoms with Gasteiger partial charge in [0.15, 0.2) is 0 Å². The first-order valence-corrected chi connectivity index (χ1v) is 5.67. The van der Waals surface area contributed by atoms with Crippen LogP contribution in [0.25, 0.3) is 0 Å². The van der Waals surface area contributed by atoms with Crippen LogP contribution in [0.3, 0.4) is 0 Å². The molecule has 0 heterocycles. The molecule has 2 aromatic carbocycles. The molecule has 15 heavy (non-hydrogen) atoms. The SMILES string of the molecule is Oc1cccc(Sc2ccccc2)c1Cl. The summed E-state index contributed by atoms with van der Waals surface area (Å²) in [5, 5.41) is 9.84. The van der Waals surface area contributed by atoms with Gasteiger partial charge in [0.1, 0.15) is 5.75 Å². The Kier molecular flexibility index (Phi) is 3.19. The van der Waals surface area contributed by atoms with Crippen molar-refractivity contribution in [2.45, 2.75) is 9.79 Å². The maximum absolute atomic E-state index is 9.43. The number of phenols is 1. The first-order chi connectivity index (χ1) is 7.27. The Morgan fingerprint density at radius 3 is 2.40 bits per heavy atom. The highest BCUT2D eigenvalue weighted by molar-refractivity contribution is 7.99. The molecule has 0 saturated heterocycles. The summed E-state index contributed by atoms with van der Waals surface area (Å²) in [6.45, 7) is 0. The summed E-state index contributed by atoms with van der Waals surface area (Å²) >= 11 is 7.51. The minimum Gasteiger partial charge on any atom is -0.506 e. The Hall–Kier alpha value is -1.12. The van der Waals surface area contributed by atoms with Crippen LogP contribution in [0.15, 0.2) is 58.3 Å². The van der Waals surface area contributed by atoms with Crippen molar-refractivity contribution in [2.24, 2.45) is 0 Å². The van der Waals surface area contributed by atoms with E-state index < -0.39 is 0 Å². The molecule has 2 aromatic rings. The number of phenolic OH excluding ortho intramolecular Hbond substituents is 1. The Balaban J connectivity index is 2.29. The van der Waals surface area contributed by atoms with E-state index >= 15 is 0 Å². The summed E-state index contributed by atoms with van der Waals surface area (Å²) in [5.74, 6) is 0.123. The fourth-order valence-corrected chi connectivity index (χ4v) is 2.32. The number of hydrogen-bond donors (Lipinski definition) is 1. The van der Waals surface area contributed by atoms with E-state index in [0.717, 1.165) is 9.79 Å². The molecule has 0 spiro atoms. The highest BCUT2D eigenvalue weighted by Gasteiger charge is 2.05. The van der Waals surface area contributed by atoms with Crippen molar-refractivity contribution in [1.82, 2.24) is 0 Å². The first-order valence-electron chi connectivity index (χ1n) is 4.48. The summed E-state index contributed by atoms with van der Waals surface area (Å²) in [6, 6.07) is 15.2. The van der Waals surface area contributed by atoms with Crippen LogP contribution < -0.4 is 0 Å². The van der Waals surface area contributed by atoms with E-state index in [1.54, 1.807) is 12.1 Å². The topological polar surface area (TPSA) is 20.2 Å². The predicted molar refractivity (Wildman–Crippen MR) is 63.7 cm³/mol. The van der Waals surface area contributed by atoms with E-state index in [1.807, 2.05) is 36.4 Å². The van der Waals surface area contributed by atoms with Gasteiger partial charge in [0, 0.05) is 9.79 Å². The van der Waals surface area contributed by atoms with Crippen LogP contribution in [0.2, 0.25) is 5.02 Å². The molecular weight excluding hydrogens is 228 g/mol. The molecule has 0 radical (unpaired) electrons. The lowest BCUT2D eigenvalue weighted by Gasteiger charge is -2.04. The number of hydrogen-bond acceptors (Lipinski definition) is 2. The van der Waals surface area contributed by atoms with E-state index in [0.29, 0.717) is 5.02 Å². The zero-order chi connectivity index (χ0) is 10.7. The average Bonchev–Trinajstić information content (AvgIpc) is 2.26. The maximum atomic E-state index is 9.43. The van der Waals surface area contributed by atoms with Crippen molar-refractivity contribution in [2.75, 3.05) is 0 Å². The Morgan fingerprint density at radius 2 is 1.67 bits per heavy atom. The van der Waals surface area contributed by atoms with Gasteiger partial charge in [-0.1, -0.05) is 47.6 Å². The highest BCUT2D eigenvalue weighted by Crippen LogP contribution is 2.37. The molecule has 0 fully saturated rings. The molecule has 0 amide bonds. The molecule has 0 aliphatic carbocycles. The van der Waals surface area contributed by atoms with Crippen LogP contribution in [0.5, 0.6) is 5.75 Å². The van der Waals surface area contributed by atoms with E-state index in [1.165, 1.54) is 11.8 Å². The second kappa shape index (κ2) is 4.60. The highest BCUT2D eigenvalue weighted by atomic mass is 35.5. The van der Waals surface area contributed by atoms with Gasteiger partial charge in [-0.15, -0.1) is 0 Å². The summed E-state index contributed by atoms with van der Waals surface area (Å²) < 4.78 is 0. The molecule has 3 heteroatoms. The summed E-state index contributed by atoms with van der Waals surface area (Å²) in [7, 11) is 0. The Bertz CT molecular complexity index is 456. The quantitative estimate of drug-likeness (QED) is 0.844. The van der Waals surface area contributed by atoms with Crippen LogP contribution in [-0.4, -0.2) is 5.11 Å². The summed E-state index contributed by atoms with van der Waals surface area (Å²) in [4.78, 5) is 1.97. The Morgan fingerprint density at radius 1 is 0.933 bits per heavy atom. The molecule has 0 aromatic heterocycles. The van der Waals surface area contributed by atoms with Crippen LogP contribution in [0.1, 0.15) is 0 Å². The summed E-state index contributed by atoms with van der Waals surface area (Å²) in [5.41, 5.74) is 0. The minimum atomic E-state index is 0.123. The lowest BCUT2D eigenvalue weighted by atomic mass is 10.3. The maximum Gasteiger partial charge on any atom is 0.135 e. The molecule has 0 unspecified atom stereocenters. The molecule has 0 aliphatic heterocycles. The number of aromatic hydroxyl groups is 1. The normalized spacial score (nSPS) is 10.2. The third kappa shape index (κ3) is 2.46. The minimum absolute atomic E-state index is 0.123. The van der Waals surface area contributed by atoms with Crippen molar-refractivity contribution in [3.63, 3.8) is 0 Å². The first kappa shape index (κ1) is 10.4. The van der Waals surface area contributed by atoms with Crippen LogP contribution in [0, 0.1) is 0 Å². The molecule has 2 rings (SSSR count). The zero-order valence-corrected chi connectivity index (χ0v) is 9.42. The van der Waals surface area contributed by atoms with Crippen LogP contribution >= 0.6 is 23.4 Å². The van der Waals surface area contributed by atoms with Gasteiger partial charge in [-0.25, -0.2) is 0 Å². The van der Waals surface area contributed by atoms with Gasteiger partial charge in [0.25, 0.3) is 0 Å². The van der Waals surface area contributed by atoms with E-state index in [2.05, 4.69) is 0 Å². The predicted octanol–water partition coefficient (Wildman–Crippen LogP) is 4.20. The molecule has 0 saturated carbocycles. The fraction of sp³-hybridized carbons (Fsp3) is 0. The molecular formula is C12H9ClOS. The average molecular weight is 237 g/mol. The van der Waals surface area contributed by atoms with Crippen molar-refractivity contribution < 1.29 is 5.11 Å². The van der Waals surface area contributed by atoms with Gasteiger partial charge in [-0.2, -0.15) is 0 Å². The van der Waals surface area contributed by atoms with Gasteiger partial charge >= 0.3 is 0 Å². The molecule has 0 bridgehead atoms. The van der Waals surface area contributed by atoms with Crippen LogP contribution in [0.4, 0.5) is 0 Å². The molecule has 76 valence electrons. The van der Waals surface area contributed by atoms with Gasteiger partial charge < -0.3 is 5.11 Å². The fourth-order valence-electron chi connectivity index (χ4n) is 1.19. The molecule has 1 nitrogen and oxygen atoms in total. The third-order valence-electron chi connectivity index (χ3n) is 1.91. The van der Waals surface area contributed by atoms with E-state index in [9.17, 15) is 5.11 Å². The monoisotopic (exact) mass is 236 g/mol. The number of halogens is 1. The third-order valence-corrected chi connectivity index (χ3v) is 3.49. The standard InChI is InChI=1S/C12H9ClOS/c13-12-10(14)7-4-8-11(12)15-9-5-2-1-3-6-9/h1-8,14H. The van der Waals surface area contributed by atoms with Crippen molar-refractivity contribution in [3.05, 3.63) is 53.6 Å². The van der Waals surface area contributed by atoms with Gasteiger partial charge in [0.05, 0.1) is 5.02 Å². The largest absolute Gasteiger partial charge is 0.506 e. The Labute approximate surface area is 97.7 Å². The molecule has 1 N–H and O–H groups in total. The van der Waals surface area contributed by atoms with E-state index in [-0.39, 0.29) is 5.75 Å². The van der Waals surface area contributed by atoms with Crippen molar-refractivity contribution in [3.8, 4) is 5.75 Å². The second-order valence-corrected chi connectivity index (χ2v) is 4.50. The zero-order valence-electron chi connectivity index (χ0n) is 7.85.